The van der Waals surface area contributed by atoms with Crippen LogP contribution in [0.4, 0.5) is 0 Å². The van der Waals surface area contributed by atoms with Crippen LogP contribution in [0.15, 0.2) is 12.2 Å². The zero-order valence-electron chi connectivity index (χ0n) is 10.2. The van der Waals surface area contributed by atoms with E-state index in [0.29, 0.717) is 0 Å². The maximum Gasteiger partial charge on any atom is 0.313 e. The van der Waals surface area contributed by atoms with E-state index < -0.39 is 11.6 Å². The molecule has 0 aliphatic rings. The lowest BCUT2D eigenvalue weighted by Crippen LogP contribution is -2.26. The number of allylic oxidation sites excluding steroid dienone is 1. The summed E-state index contributed by atoms with van der Waals surface area (Å²) >= 11 is 0. The van der Waals surface area contributed by atoms with Crippen molar-refractivity contribution in [3.63, 3.8) is 0 Å². The molecule has 0 aromatic carbocycles. The molecule has 86 valence electrons. The Balaban J connectivity index is 4.20. The van der Waals surface area contributed by atoms with Gasteiger partial charge in [0.1, 0.15) is 12.0 Å². The lowest BCUT2D eigenvalue weighted by molar-refractivity contribution is -0.156. The van der Waals surface area contributed by atoms with E-state index >= 15 is 0 Å². The van der Waals surface area contributed by atoms with E-state index in [9.17, 15) is 9.59 Å². The van der Waals surface area contributed by atoms with Crippen molar-refractivity contribution in [2.75, 3.05) is 0 Å². The highest BCUT2D eigenvalue weighted by Gasteiger charge is 2.22. The van der Waals surface area contributed by atoms with E-state index in [0.717, 1.165) is 5.57 Å². The van der Waals surface area contributed by atoms with Crippen LogP contribution < -0.4 is 0 Å². The number of ketones is 1. The van der Waals surface area contributed by atoms with Gasteiger partial charge in [-0.3, -0.25) is 9.59 Å². The second-order valence-electron chi connectivity index (χ2n) is 4.80. The van der Waals surface area contributed by atoms with Crippen LogP contribution in [0.5, 0.6) is 0 Å². The number of rotatable bonds is 4. The predicted molar refractivity (Wildman–Crippen MR) is 59.4 cm³/mol. The van der Waals surface area contributed by atoms with Gasteiger partial charge in [-0.1, -0.05) is 19.1 Å². The first kappa shape index (κ1) is 13.9. The number of esters is 1. The van der Waals surface area contributed by atoms with Crippen molar-refractivity contribution in [2.45, 2.75) is 46.6 Å². The molecule has 0 fully saturated rings. The molecule has 15 heavy (non-hydrogen) atoms. The minimum Gasteiger partial charge on any atom is -0.460 e. The van der Waals surface area contributed by atoms with E-state index in [1.807, 2.05) is 0 Å². The molecule has 0 saturated carbocycles. The molecule has 0 bridgehead atoms. The van der Waals surface area contributed by atoms with Crippen molar-refractivity contribution in [1.82, 2.24) is 0 Å². The molecule has 0 radical (unpaired) electrons. The topological polar surface area (TPSA) is 43.4 Å². The zero-order valence-corrected chi connectivity index (χ0v) is 10.2. The Kier molecular flexibility index (Phi) is 4.72. The van der Waals surface area contributed by atoms with Crippen LogP contribution in [0.2, 0.25) is 0 Å². The highest BCUT2D eigenvalue weighted by atomic mass is 16.6. The van der Waals surface area contributed by atoms with Gasteiger partial charge in [0.2, 0.25) is 0 Å². The second kappa shape index (κ2) is 5.10. The highest BCUT2D eigenvalue weighted by Crippen LogP contribution is 2.13. The number of ether oxygens (including phenoxy) is 1. The van der Waals surface area contributed by atoms with Gasteiger partial charge in [0.05, 0.1) is 0 Å². The molecule has 3 heteroatoms. The fourth-order valence-electron chi connectivity index (χ4n) is 0.948. The van der Waals surface area contributed by atoms with Gasteiger partial charge in [-0.05, 0) is 27.7 Å². The number of Topliss-reactive ketones (excluding diaryl/α,β-unsaturated/α-hetero) is 1. The fourth-order valence-corrected chi connectivity index (χ4v) is 0.948. The lowest BCUT2D eigenvalue weighted by Gasteiger charge is -2.19. The van der Waals surface area contributed by atoms with Crippen molar-refractivity contribution < 1.29 is 14.3 Å². The first-order chi connectivity index (χ1) is 6.63. The van der Waals surface area contributed by atoms with Crippen molar-refractivity contribution >= 4 is 11.8 Å². The maximum absolute atomic E-state index is 11.5. The summed E-state index contributed by atoms with van der Waals surface area (Å²) in [6, 6.07) is 0. The van der Waals surface area contributed by atoms with Crippen molar-refractivity contribution in [3.05, 3.63) is 12.2 Å². The number of hydrogen-bond acceptors (Lipinski definition) is 3. The summed E-state index contributed by atoms with van der Waals surface area (Å²) in [5.74, 6) is -0.894. The Morgan fingerprint density at radius 3 is 2.13 bits per heavy atom. The third-order valence-electron chi connectivity index (χ3n) is 1.96. The van der Waals surface area contributed by atoms with Crippen LogP contribution in [-0.2, 0) is 14.3 Å². The summed E-state index contributed by atoms with van der Waals surface area (Å²) in [5.41, 5.74) is 0.229. The average Bonchev–Trinajstić information content (AvgIpc) is 1.98. The monoisotopic (exact) mass is 212 g/mol. The van der Waals surface area contributed by atoms with Crippen molar-refractivity contribution in [3.8, 4) is 0 Å². The Morgan fingerprint density at radius 2 is 1.80 bits per heavy atom. The molecule has 0 spiro atoms. The maximum atomic E-state index is 11.5. The number of carbonyl (C=O) groups is 2. The molecule has 0 aliphatic carbocycles. The molecule has 1 unspecified atom stereocenters. The molecular weight excluding hydrogens is 192 g/mol. The third-order valence-corrected chi connectivity index (χ3v) is 1.96. The van der Waals surface area contributed by atoms with E-state index in [4.69, 9.17) is 4.74 Å². The van der Waals surface area contributed by atoms with Crippen molar-refractivity contribution in [2.24, 2.45) is 5.92 Å². The third kappa shape index (κ3) is 6.05. The van der Waals surface area contributed by atoms with E-state index in [1.54, 1.807) is 34.6 Å². The summed E-state index contributed by atoms with van der Waals surface area (Å²) in [6.45, 7) is 12.5. The van der Waals surface area contributed by atoms with E-state index in [-0.39, 0.29) is 18.1 Å². The van der Waals surface area contributed by atoms with Gasteiger partial charge in [-0.25, -0.2) is 0 Å². The van der Waals surface area contributed by atoms with Gasteiger partial charge >= 0.3 is 5.97 Å². The Labute approximate surface area is 91.5 Å². The summed E-state index contributed by atoms with van der Waals surface area (Å²) in [6.07, 6.45) is -0.175. The van der Waals surface area contributed by atoms with Crippen LogP contribution in [0.1, 0.15) is 41.0 Å². The zero-order chi connectivity index (χ0) is 12.2. The normalized spacial score (nSPS) is 13.1. The number of carbonyl (C=O) groups excluding carboxylic acids is 2. The quantitative estimate of drug-likeness (QED) is 0.408. The van der Waals surface area contributed by atoms with Crippen molar-refractivity contribution in [1.29, 1.82) is 0 Å². The lowest BCUT2D eigenvalue weighted by atomic mass is 9.97. The molecule has 0 aromatic rings. The van der Waals surface area contributed by atoms with E-state index in [2.05, 4.69) is 6.58 Å². The van der Waals surface area contributed by atoms with Gasteiger partial charge in [0.25, 0.3) is 0 Å². The smallest absolute Gasteiger partial charge is 0.313 e. The van der Waals surface area contributed by atoms with Gasteiger partial charge in [0, 0.05) is 5.92 Å². The number of hydrogen-bond donors (Lipinski definition) is 0. The Bertz CT molecular complexity index is 271. The molecule has 0 aromatic heterocycles. The fraction of sp³-hybridized carbons (Fsp3) is 0.667. The molecule has 0 amide bonds. The molecule has 0 saturated heterocycles. The van der Waals surface area contributed by atoms with Crippen LogP contribution in [0.25, 0.3) is 0 Å². The van der Waals surface area contributed by atoms with Gasteiger partial charge in [0.15, 0.2) is 5.78 Å². The second-order valence-corrected chi connectivity index (χ2v) is 4.80. The van der Waals surface area contributed by atoms with Gasteiger partial charge in [-0.2, -0.15) is 0 Å². The van der Waals surface area contributed by atoms with Crippen LogP contribution in [0.3, 0.4) is 0 Å². The first-order valence-corrected chi connectivity index (χ1v) is 5.03. The van der Waals surface area contributed by atoms with E-state index in [1.165, 1.54) is 0 Å². The summed E-state index contributed by atoms with van der Waals surface area (Å²) in [5, 5.41) is 0. The minimum absolute atomic E-state index is 0.142. The standard InChI is InChI=1S/C12H20O3/c1-8(2)9(3)10(13)7-11(14)15-12(4,5)6/h9H,1,7H2,2-6H3. The SMILES string of the molecule is C=C(C)C(C)C(=O)CC(=O)OC(C)(C)C. The molecular formula is C12H20O3. The first-order valence-electron chi connectivity index (χ1n) is 5.03. The molecule has 3 nitrogen and oxygen atoms in total. The average molecular weight is 212 g/mol. The minimum atomic E-state index is -0.538. The van der Waals surface area contributed by atoms with Crippen LogP contribution in [-0.4, -0.2) is 17.4 Å². The Morgan fingerprint density at radius 1 is 1.33 bits per heavy atom. The molecule has 0 rings (SSSR count). The molecule has 0 aliphatic heterocycles. The summed E-state index contributed by atoms with van der Waals surface area (Å²) in [4.78, 5) is 22.8. The van der Waals surface area contributed by atoms with Gasteiger partial charge in [-0.15, -0.1) is 0 Å². The van der Waals surface area contributed by atoms with Crippen LogP contribution >= 0.6 is 0 Å². The molecule has 0 heterocycles. The molecule has 1 atom stereocenters. The van der Waals surface area contributed by atoms with Crippen LogP contribution in [0, 0.1) is 5.92 Å². The Hall–Kier alpha value is -1.12. The highest BCUT2D eigenvalue weighted by molar-refractivity contribution is 5.97. The molecule has 0 N–H and O–H groups in total. The predicted octanol–water partition coefficient (Wildman–Crippen LogP) is 2.50. The largest absolute Gasteiger partial charge is 0.460 e. The van der Waals surface area contributed by atoms with Gasteiger partial charge < -0.3 is 4.74 Å². The summed E-state index contributed by atoms with van der Waals surface area (Å²) in [7, 11) is 0. The summed E-state index contributed by atoms with van der Waals surface area (Å²) < 4.78 is 5.05.